The normalized spacial score (nSPS) is 11.0. The smallest absolute Gasteiger partial charge is 0.161 e. The summed E-state index contributed by atoms with van der Waals surface area (Å²) < 4.78 is 0. The van der Waals surface area contributed by atoms with Crippen LogP contribution in [0.15, 0.2) is 162 Å². The van der Waals surface area contributed by atoms with E-state index in [4.69, 9.17) is 5.41 Å². The molecule has 44 heavy (non-hydrogen) atoms. The second-order valence-electron chi connectivity index (χ2n) is 10.3. The first-order valence-corrected chi connectivity index (χ1v) is 14.2. The van der Waals surface area contributed by atoms with Gasteiger partial charge >= 0.3 is 0 Å². The van der Waals surface area contributed by atoms with E-state index in [1.165, 1.54) is 0 Å². The van der Waals surface area contributed by atoms with Gasteiger partial charge in [0.2, 0.25) is 0 Å². The minimum absolute atomic E-state index is 0.0903. The summed E-state index contributed by atoms with van der Waals surface area (Å²) in [6.07, 6.45) is 0. The van der Waals surface area contributed by atoms with Gasteiger partial charge in [-0.05, 0) is 87.6 Å². The van der Waals surface area contributed by atoms with Gasteiger partial charge in [0, 0.05) is 11.1 Å². The third-order valence-electron chi connectivity index (χ3n) is 7.45. The van der Waals surface area contributed by atoms with Crippen LogP contribution in [0.1, 0.15) is 16.7 Å². The summed E-state index contributed by atoms with van der Waals surface area (Å²) in [7, 11) is 0. The molecule has 0 radical (unpaired) electrons. The SMILES string of the molecule is C=NC(=NC(=N)c1ccc(-c2cccc(C#N)c2)cc1)c1cccc(-c2cc(-c3ccccc3)cc(-c3ccccc3)c2)c1. The van der Waals surface area contributed by atoms with Crippen molar-refractivity contribution in [3.63, 3.8) is 0 Å². The average molecular weight is 565 g/mol. The van der Waals surface area contributed by atoms with Gasteiger partial charge in [-0.2, -0.15) is 5.26 Å². The Morgan fingerprint density at radius 3 is 1.57 bits per heavy atom. The number of hydrogen-bond donors (Lipinski definition) is 1. The second-order valence-corrected chi connectivity index (χ2v) is 10.3. The van der Waals surface area contributed by atoms with Crippen LogP contribution in [-0.4, -0.2) is 18.4 Å². The number of hydrogen-bond acceptors (Lipinski definition) is 2. The molecule has 0 atom stereocenters. The third kappa shape index (κ3) is 6.18. The summed E-state index contributed by atoms with van der Waals surface area (Å²) in [5, 5.41) is 17.9. The van der Waals surface area contributed by atoms with Gasteiger partial charge in [0.25, 0.3) is 0 Å². The molecule has 0 aromatic heterocycles. The monoisotopic (exact) mass is 564 g/mol. The summed E-state index contributed by atoms with van der Waals surface area (Å²) in [4.78, 5) is 8.76. The zero-order valence-electron chi connectivity index (χ0n) is 24.0. The molecule has 0 spiro atoms. The van der Waals surface area contributed by atoms with Crippen molar-refractivity contribution in [2.45, 2.75) is 0 Å². The number of nitriles is 1. The van der Waals surface area contributed by atoms with Crippen LogP contribution in [0.4, 0.5) is 0 Å². The topological polar surface area (TPSA) is 72.4 Å². The van der Waals surface area contributed by atoms with E-state index in [1.54, 1.807) is 6.07 Å². The molecule has 0 unspecified atom stereocenters. The van der Waals surface area contributed by atoms with Gasteiger partial charge < -0.3 is 0 Å². The van der Waals surface area contributed by atoms with Gasteiger partial charge in [-0.15, -0.1) is 0 Å². The molecule has 0 fully saturated rings. The molecule has 0 amide bonds. The third-order valence-corrected chi connectivity index (χ3v) is 7.45. The molecule has 6 rings (SSSR count). The van der Waals surface area contributed by atoms with Crippen LogP contribution in [0.2, 0.25) is 0 Å². The van der Waals surface area contributed by atoms with Gasteiger partial charge in [0.05, 0.1) is 11.6 Å². The maximum Gasteiger partial charge on any atom is 0.161 e. The Morgan fingerprint density at radius 1 is 0.500 bits per heavy atom. The van der Waals surface area contributed by atoms with Crippen molar-refractivity contribution in [1.82, 2.24) is 0 Å². The Labute approximate surface area is 257 Å². The van der Waals surface area contributed by atoms with Crippen molar-refractivity contribution in [1.29, 1.82) is 10.7 Å². The van der Waals surface area contributed by atoms with Crippen LogP contribution in [0, 0.1) is 16.7 Å². The first-order chi connectivity index (χ1) is 21.6. The van der Waals surface area contributed by atoms with Crippen molar-refractivity contribution in [2.24, 2.45) is 9.98 Å². The van der Waals surface area contributed by atoms with E-state index in [1.807, 2.05) is 72.8 Å². The molecule has 1 N–H and O–H groups in total. The van der Waals surface area contributed by atoms with Gasteiger partial charge in [-0.25, -0.2) is 9.98 Å². The lowest BCUT2D eigenvalue weighted by Gasteiger charge is -2.12. The van der Waals surface area contributed by atoms with Crippen LogP contribution in [0.3, 0.4) is 0 Å². The minimum atomic E-state index is 0.0903. The van der Waals surface area contributed by atoms with Crippen LogP contribution < -0.4 is 0 Å². The highest BCUT2D eigenvalue weighted by Gasteiger charge is 2.11. The lowest BCUT2D eigenvalue weighted by Crippen LogP contribution is -2.04. The summed E-state index contributed by atoms with van der Waals surface area (Å²) in [5.74, 6) is 0.470. The van der Waals surface area contributed by atoms with E-state index in [9.17, 15) is 5.26 Å². The quantitative estimate of drug-likeness (QED) is 0.159. The van der Waals surface area contributed by atoms with Crippen molar-refractivity contribution >= 4 is 18.4 Å². The fraction of sp³-hybridized carbons (Fsp3) is 0. The van der Waals surface area contributed by atoms with Crippen LogP contribution in [-0.2, 0) is 0 Å². The molecule has 0 aliphatic heterocycles. The highest BCUT2D eigenvalue weighted by atomic mass is 14.9. The molecular formula is C40H28N4. The molecule has 0 aliphatic carbocycles. The molecule has 0 saturated heterocycles. The Bertz CT molecular complexity index is 1980. The van der Waals surface area contributed by atoms with Crippen molar-refractivity contribution in [2.75, 3.05) is 0 Å². The molecule has 0 bridgehead atoms. The van der Waals surface area contributed by atoms with Crippen LogP contribution in [0.25, 0.3) is 44.5 Å². The number of aliphatic imine (C=N–C) groups is 2. The molecule has 4 nitrogen and oxygen atoms in total. The Kier molecular flexibility index (Phi) is 8.12. The number of rotatable bonds is 6. The molecular weight excluding hydrogens is 536 g/mol. The van der Waals surface area contributed by atoms with Crippen LogP contribution in [0.5, 0.6) is 0 Å². The zero-order chi connectivity index (χ0) is 30.3. The van der Waals surface area contributed by atoms with Gasteiger partial charge in [0.15, 0.2) is 11.7 Å². The van der Waals surface area contributed by atoms with Crippen molar-refractivity contribution < 1.29 is 0 Å². The number of nitrogens with one attached hydrogen (secondary N) is 1. The molecule has 6 aromatic rings. The predicted octanol–water partition coefficient (Wildman–Crippen LogP) is 9.70. The van der Waals surface area contributed by atoms with E-state index in [2.05, 4.69) is 95.6 Å². The molecule has 0 heterocycles. The molecule has 208 valence electrons. The first kappa shape index (κ1) is 28.0. The number of benzene rings is 6. The molecule has 0 saturated carbocycles. The Hall–Kier alpha value is -6.18. The Morgan fingerprint density at radius 2 is 1.00 bits per heavy atom. The maximum atomic E-state index is 9.22. The fourth-order valence-electron chi connectivity index (χ4n) is 5.18. The van der Waals surface area contributed by atoms with Crippen molar-refractivity contribution in [3.05, 3.63) is 168 Å². The molecule has 4 heteroatoms. The highest BCUT2D eigenvalue weighted by Crippen LogP contribution is 2.33. The summed E-state index contributed by atoms with van der Waals surface area (Å²) in [5.41, 5.74) is 10.6. The fourth-order valence-corrected chi connectivity index (χ4v) is 5.18. The number of amidine groups is 2. The van der Waals surface area contributed by atoms with Gasteiger partial charge in [-0.1, -0.05) is 115 Å². The first-order valence-electron chi connectivity index (χ1n) is 14.2. The standard InChI is InChI=1S/C40H28N4/c1-43-40(44-39(42)32-20-18-31(19-21-32)33-15-8-10-28(22-33)27-41)35-17-9-16-34(23-35)38-25-36(29-11-4-2-5-12-29)24-37(26-38)30-13-6-3-7-14-30/h2-26,42H,1H2. The van der Waals surface area contributed by atoms with E-state index < -0.39 is 0 Å². The summed E-state index contributed by atoms with van der Waals surface area (Å²) in [6.45, 7) is 3.76. The number of nitrogens with zero attached hydrogens (tertiary/aromatic N) is 3. The van der Waals surface area contributed by atoms with E-state index in [0.717, 1.165) is 50.1 Å². The zero-order valence-corrected chi connectivity index (χ0v) is 24.0. The molecule has 0 aliphatic rings. The second kappa shape index (κ2) is 12.8. The van der Waals surface area contributed by atoms with E-state index in [0.29, 0.717) is 17.0 Å². The lowest BCUT2D eigenvalue weighted by atomic mass is 9.93. The predicted molar refractivity (Wildman–Crippen MR) is 182 cm³/mol. The van der Waals surface area contributed by atoms with Gasteiger partial charge in [0.1, 0.15) is 0 Å². The van der Waals surface area contributed by atoms with Crippen LogP contribution >= 0.6 is 0 Å². The lowest BCUT2D eigenvalue weighted by molar-refractivity contribution is 1.40. The van der Waals surface area contributed by atoms with Gasteiger partial charge in [-0.3, -0.25) is 5.41 Å². The average Bonchev–Trinajstić information content (AvgIpc) is 3.11. The summed E-state index contributed by atoms with van der Waals surface area (Å²) in [6, 6.07) is 52.7. The van der Waals surface area contributed by atoms with E-state index in [-0.39, 0.29) is 5.84 Å². The Balaban J connectivity index is 1.33. The largest absolute Gasteiger partial charge is 0.282 e. The maximum absolute atomic E-state index is 9.22. The minimum Gasteiger partial charge on any atom is -0.282 e. The summed E-state index contributed by atoms with van der Waals surface area (Å²) >= 11 is 0. The van der Waals surface area contributed by atoms with Crippen molar-refractivity contribution in [3.8, 4) is 50.6 Å². The molecule has 6 aromatic carbocycles. The highest BCUT2D eigenvalue weighted by molar-refractivity contribution is 6.12. The van der Waals surface area contributed by atoms with E-state index >= 15 is 0 Å².